The van der Waals surface area contributed by atoms with E-state index in [1.54, 1.807) is 23.0 Å². The highest BCUT2D eigenvalue weighted by atomic mass is 79.9. The first-order valence-corrected chi connectivity index (χ1v) is 11.5. The Hall–Kier alpha value is -2.97. The van der Waals surface area contributed by atoms with Crippen LogP contribution < -0.4 is 4.74 Å². The molecular formula is C25H23BrN2O5. The normalized spacial score (nSPS) is 27.9. The van der Waals surface area contributed by atoms with Crippen LogP contribution in [-0.4, -0.2) is 39.4 Å². The predicted octanol–water partition coefficient (Wildman–Crippen LogP) is 4.01. The molecule has 2 heterocycles. The second-order valence-electron chi connectivity index (χ2n) is 8.75. The van der Waals surface area contributed by atoms with Gasteiger partial charge < -0.3 is 14.6 Å². The number of rotatable bonds is 4. The van der Waals surface area contributed by atoms with E-state index in [9.17, 15) is 14.7 Å². The van der Waals surface area contributed by atoms with Gasteiger partial charge in [0.05, 0.1) is 13.3 Å². The summed E-state index contributed by atoms with van der Waals surface area (Å²) in [4.78, 5) is 26.9. The Morgan fingerprint density at radius 2 is 1.85 bits per heavy atom. The number of benzene rings is 2. The lowest BCUT2D eigenvalue weighted by Crippen LogP contribution is -2.80. The molecule has 33 heavy (non-hydrogen) atoms. The number of carbonyl (C=O) groups excluding carboxylic acids is 2. The molecule has 1 aliphatic heterocycles. The van der Waals surface area contributed by atoms with Gasteiger partial charge in [0, 0.05) is 16.4 Å². The van der Waals surface area contributed by atoms with E-state index in [4.69, 9.17) is 9.47 Å². The number of nitrogens with zero attached hydrogens (tertiary/aromatic N) is 2. The molecule has 0 amide bonds. The molecule has 2 aliphatic rings. The van der Waals surface area contributed by atoms with Crippen molar-refractivity contribution in [3.63, 3.8) is 0 Å². The fourth-order valence-electron chi connectivity index (χ4n) is 5.20. The highest BCUT2D eigenvalue weighted by molar-refractivity contribution is 9.10. The number of fused-ring (bicyclic) bond motifs is 2. The summed E-state index contributed by atoms with van der Waals surface area (Å²) in [6.45, 7) is 3.86. The van der Waals surface area contributed by atoms with Gasteiger partial charge in [-0.1, -0.05) is 58.4 Å². The van der Waals surface area contributed by atoms with Crippen molar-refractivity contribution in [2.75, 3.05) is 7.11 Å². The molecule has 1 fully saturated rings. The van der Waals surface area contributed by atoms with Gasteiger partial charge >= 0.3 is 5.97 Å². The van der Waals surface area contributed by atoms with Crippen molar-refractivity contribution in [2.45, 2.75) is 37.0 Å². The minimum absolute atomic E-state index is 0.0133. The molecule has 0 bridgehead atoms. The molecule has 5 rings (SSSR count). The van der Waals surface area contributed by atoms with Crippen molar-refractivity contribution in [1.29, 1.82) is 0 Å². The Balaban J connectivity index is 1.81. The van der Waals surface area contributed by atoms with Gasteiger partial charge in [0.1, 0.15) is 5.92 Å². The van der Waals surface area contributed by atoms with Crippen LogP contribution in [0.4, 0.5) is 0 Å². The van der Waals surface area contributed by atoms with E-state index in [1.807, 2.05) is 56.3 Å². The second-order valence-corrected chi connectivity index (χ2v) is 9.66. The summed E-state index contributed by atoms with van der Waals surface area (Å²) in [5, 5.41) is 16.5. The van der Waals surface area contributed by atoms with Crippen LogP contribution in [0.3, 0.4) is 0 Å². The number of hydrogen-bond acceptors (Lipinski definition) is 6. The van der Waals surface area contributed by atoms with Crippen molar-refractivity contribution in [3.8, 4) is 5.75 Å². The third-order valence-corrected chi connectivity index (χ3v) is 7.26. The van der Waals surface area contributed by atoms with Crippen LogP contribution in [0.5, 0.6) is 5.75 Å². The first-order chi connectivity index (χ1) is 15.8. The van der Waals surface area contributed by atoms with E-state index in [-0.39, 0.29) is 17.5 Å². The predicted molar refractivity (Wildman–Crippen MR) is 123 cm³/mol. The minimum Gasteiger partial charge on any atom is -0.474 e. The summed E-state index contributed by atoms with van der Waals surface area (Å²) >= 11 is 3.44. The lowest BCUT2D eigenvalue weighted by atomic mass is 9.44. The number of carbonyl (C=O) groups is 2. The summed E-state index contributed by atoms with van der Waals surface area (Å²) < 4.78 is 14.1. The van der Waals surface area contributed by atoms with Crippen LogP contribution in [0.1, 0.15) is 47.4 Å². The van der Waals surface area contributed by atoms with E-state index < -0.39 is 34.8 Å². The number of esters is 1. The number of ether oxygens (including phenoxy) is 2. The molecule has 1 aliphatic carbocycles. The lowest BCUT2D eigenvalue weighted by Gasteiger charge is -2.64. The summed E-state index contributed by atoms with van der Waals surface area (Å²) in [5.74, 6) is -2.88. The fraction of sp³-hybridized carbons (Fsp3) is 0.320. The number of methoxy groups -OCH3 is 1. The molecule has 170 valence electrons. The van der Waals surface area contributed by atoms with Crippen molar-refractivity contribution in [2.24, 2.45) is 5.92 Å². The number of aliphatic hydroxyl groups is 1. The Labute approximate surface area is 199 Å². The van der Waals surface area contributed by atoms with E-state index in [1.165, 1.54) is 7.11 Å². The third kappa shape index (κ3) is 2.80. The quantitative estimate of drug-likeness (QED) is 0.533. The molecule has 2 aromatic carbocycles. The van der Waals surface area contributed by atoms with Crippen LogP contribution in [0, 0.1) is 5.92 Å². The van der Waals surface area contributed by atoms with Gasteiger partial charge in [-0.2, -0.15) is 5.10 Å². The number of aromatic nitrogens is 2. The summed E-state index contributed by atoms with van der Waals surface area (Å²) in [6, 6.07) is 16.5. The minimum atomic E-state index is -2.20. The maximum absolute atomic E-state index is 13.9. The van der Waals surface area contributed by atoms with Crippen molar-refractivity contribution < 1.29 is 24.2 Å². The maximum atomic E-state index is 13.9. The van der Waals surface area contributed by atoms with Gasteiger partial charge in [-0.15, -0.1) is 0 Å². The zero-order chi connectivity index (χ0) is 23.5. The Bertz CT molecular complexity index is 1240. The summed E-state index contributed by atoms with van der Waals surface area (Å²) in [7, 11) is 1.25. The molecule has 1 N–H and O–H groups in total. The molecular weight excluding hydrogens is 488 g/mol. The van der Waals surface area contributed by atoms with E-state index in [2.05, 4.69) is 21.0 Å². The smallest absolute Gasteiger partial charge is 0.313 e. The fourth-order valence-corrected chi connectivity index (χ4v) is 5.47. The Morgan fingerprint density at radius 3 is 2.45 bits per heavy atom. The largest absolute Gasteiger partial charge is 0.474 e. The number of ketones is 1. The number of Topliss-reactive ketones (excluding diaryl/α,β-unsaturated/α-hetero) is 1. The van der Waals surface area contributed by atoms with Crippen LogP contribution >= 0.6 is 15.9 Å². The van der Waals surface area contributed by atoms with E-state index in [0.717, 1.165) is 10.0 Å². The van der Waals surface area contributed by atoms with Crippen LogP contribution in [0.15, 0.2) is 65.3 Å². The summed E-state index contributed by atoms with van der Waals surface area (Å²) in [6.07, 6.45) is 1.67. The molecule has 0 radical (unpaired) electrons. The highest BCUT2D eigenvalue weighted by Gasteiger charge is 2.82. The lowest BCUT2D eigenvalue weighted by molar-refractivity contribution is -0.251. The Morgan fingerprint density at radius 1 is 1.18 bits per heavy atom. The second kappa shape index (κ2) is 7.53. The first-order valence-electron chi connectivity index (χ1n) is 10.7. The van der Waals surface area contributed by atoms with Crippen LogP contribution in [-0.2, 0) is 15.1 Å². The molecule has 1 saturated carbocycles. The van der Waals surface area contributed by atoms with Gasteiger partial charge in [-0.05, 0) is 37.1 Å². The first kappa shape index (κ1) is 21.9. The van der Waals surface area contributed by atoms with Gasteiger partial charge in [0.15, 0.2) is 22.6 Å². The molecule has 4 atom stereocenters. The van der Waals surface area contributed by atoms with Crippen LogP contribution in [0.2, 0.25) is 0 Å². The van der Waals surface area contributed by atoms with Crippen molar-refractivity contribution in [1.82, 2.24) is 9.78 Å². The van der Waals surface area contributed by atoms with E-state index in [0.29, 0.717) is 5.56 Å². The van der Waals surface area contributed by atoms with Crippen molar-refractivity contribution in [3.05, 3.63) is 82.1 Å². The van der Waals surface area contributed by atoms with Gasteiger partial charge in [0.25, 0.3) is 0 Å². The average Bonchev–Trinajstić information content (AvgIpc) is 3.24. The zero-order valence-electron chi connectivity index (χ0n) is 18.4. The highest BCUT2D eigenvalue weighted by Crippen LogP contribution is 2.68. The van der Waals surface area contributed by atoms with E-state index >= 15 is 0 Å². The molecule has 0 spiro atoms. The molecule has 8 heteroatoms. The Kier molecular flexibility index (Phi) is 4.99. The standard InChI is InChI=1S/C25H23BrN2O5/c1-14(2)28-13-18-21(27-28)22(29)24(31)20(23(30)32-3)19(15-7-5-4-6-8-15)25(24,33-18)16-9-11-17(26)12-10-16/h4-14,19-20,31H,1-3H3. The van der Waals surface area contributed by atoms with Crippen LogP contribution in [0.25, 0.3) is 0 Å². The maximum Gasteiger partial charge on any atom is 0.313 e. The van der Waals surface area contributed by atoms with Crippen molar-refractivity contribution >= 4 is 27.7 Å². The van der Waals surface area contributed by atoms with Gasteiger partial charge in [-0.25, -0.2) is 0 Å². The van der Waals surface area contributed by atoms with Gasteiger partial charge in [0.2, 0.25) is 5.78 Å². The van der Waals surface area contributed by atoms with Gasteiger partial charge in [-0.3, -0.25) is 14.3 Å². The molecule has 4 unspecified atom stereocenters. The number of hydrogen-bond donors (Lipinski definition) is 1. The topological polar surface area (TPSA) is 90.7 Å². The molecule has 1 aromatic heterocycles. The SMILES string of the molecule is COC(=O)C1C(c2ccccc2)C2(c3ccc(Br)cc3)Oc3cn(C(C)C)nc3C(=O)C12O. The number of halogens is 1. The average molecular weight is 511 g/mol. The monoisotopic (exact) mass is 510 g/mol. The zero-order valence-corrected chi connectivity index (χ0v) is 19.9. The third-order valence-electron chi connectivity index (χ3n) is 6.73. The summed E-state index contributed by atoms with van der Waals surface area (Å²) in [5.41, 5.74) is -2.38. The molecule has 3 aromatic rings. The molecule has 7 nitrogen and oxygen atoms in total. The molecule has 0 saturated heterocycles.